The smallest absolute Gasteiger partial charge is 0.288 e. The Balaban J connectivity index is 0.00000220. The molecule has 0 radical (unpaired) electrons. The first kappa shape index (κ1) is 17.1. The van der Waals surface area contributed by atoms with Crippen LogP contribution < -0.4 is 10.6 Å². The van der Waals surface area contributed by atoms with Crippen molar-refractivity contribution in [3.05, 3.63) is 45.3 Å². The first-order valence-corrected chi connectivity index (χ1v) is 6.36. The average molecular weight is 313 g/mol. The van der Waals surface area contributed by atoms with Crippen LogP contribution in [0.1, 0.15) is 22.5 Å². The van der Waals surface area contributed by atoms with E-state index in [9.17, 15) is 14.9 Å². The fraction of sp³-hybridized carbons (Fsp3) is 0.385. The molecule has 1 aromatic rings. The summed E-state index contributed by atoms with van der Waals surface area (Å²) in [5.41, 5.74) is 1.70. The summed E-state index contributed by atoms with van der Waals surface area (Å²) < 4.78 is 0. The third-order valence-corrected chi connectivity index (χ3v) is 3.16. The molecule has 0 unspecified atom stereocenters. The molecule has 0 spiro atoms. The second kappa shape index (κ2) is 7.70. The molecule has 0 fully saturated rings. The maximum Gasteiger partial charge on any atom is 0.288 e. The lowest BCUT2D eigenvalue weighted by atomic mass is 10.1. The zero-order chi connectivity index (χ0) is 14.5. The van der Waals surface area contributed by atoms with Gasteiger partial charge in [-0.2, -0.15) is 0 Å². The van der Waals surface area contributed by atoms with E-state index in [-0.39, 0.29) is 29.6 Å². The highest BCUT2D eigenvalue weighted by molar-refractivity contribution is 5.95. The summed E-state index contributed by atoms with van der Waals surface area (Å²) >= 11 is 0. The Morgan fingerprint density at radius 1 is 1.57 bits per heavy atom. The predicted molar refractivity (Wildman–Crippen MR) is 80.8 cm³/mol. The summed E-state index contributed by atoms with van der Waals surface area (Å²) in [6, 6.07) is 1.26. The molecule has 8 heteroatoms. The number of nitrogens with zero attached hydrogens (tertiary/aromatic N) is 2. The van der Waals surface area contributed by atoms with E-state index >= 15 is 0 Å². The summed E-state index contributed by atoms with van der Waals surface area (Å²) in [4.78, 5) is 26.1. The Bertz CT molecular complexity index is 575. The molecular formula is C13H17ClN4O3. The van der Waals surface area contributed by atoms with Gasteiger partial charge in [-0.3, -0.25) is 19.9 Å². The fourth-order valence-corrected chi connectivity index (χ4v) is 1.97. The molecule has 7 nitrogen and oxygen atoms in total. The van der Waals surface area contributed by atoms with Crippen LogP contribution >= 0.6 is 12.4 Å². The molecule has 0 aromatic carbocycles. The molecule has 0 atom stereocenters. The largest absolute Gasteiger partial charge is 0.348 e. The second-order valence-electron chi connectivity index (χ2n) is 4.58. The van der Waals surface area contributed by atoms with Crippen LogP contribution in [0.4, 0.5) is 5.69 Å². The number of nitrogens with one attached hydrogen (secondary N) is 2. The van der Waals surface area contributed by atoms with E-state index < -0.39 is 4.92 Å². The monoisotopic (exact) mass is 312 g/mol. The van der Waals surface area contributed by atoms with Crippen molar-refractivity contribution in [3.63, 3.8) is 0 Å². The molecule has 0 aliphatic carbocycles. The van der Waals surface area contributed by atoms with E-state index in [2.05, 4.69) is 15.6 Å². The lowest BCUT2D eigenvalue weighted by molar-refractivity contribution is -0.385. The first-order valence-electron chi connectivity index (χ1n) is 6.36. The lowest BCUT2D eigenvalue weighted by Crippen LogP contribution is -2.30. The van der Waals surface area contributed by atoms with Gasteiger partial charge in [-0.25, -0.2) is 0 Å². The third kappa shape index (κ3) is 4.51. The van der Waals surface area contributed by atoms with Crippen molar-refractivity contribution in [3.8, 4) is 0 Å². The predicted octanol–water partition coefficient (Wildman–Crippen LogP) is 1.37. The van der Waals surface area contributed by atoms with Gasteiger partial charge in [0.05, 0.1) is 16.2 Å². The van der Waals surface area contributed by atoms with Crippen molar-refractivity contribution in [1.29, 1.82) is 0 Å². The van der Waals surface area contributed by atoms with Crippen LogP contribution in [0, 0.1) is 17.0 Å². The van der Waals surface area contributed by atoms with Crippen LogP contribution in [0.15, 0.2) is 23.9 Å². The molecular weight excluding hydrogens is 296 g/mol. The number of halogens is 1. The van der Waals surface area contributed by atoms with Gasteiger partial charge in [0.15, 0.2) is 0 Å². The number of carbonyl (C=O) groups is 1. The average Bonchev–Trinajstić information content (AvgIpc) is 2.46. The summed E-state index contributed by atoms with van der Waals surface area (Å²) in [6.45, 7) is 3.83. The van der Waals surface area contributed by atoms with Gasteiger partial charge in [0.2, 0.25) is 0 Å². The first-order chi connectivity index (χ1) is 9.58. The number of aryl methyl sites for hydroxylation is 1. The van der Waals surface area contributed by atoms with Crippen molar-refractivity contribution in [1.82, 2.24) is 15.6 Å². The van der Waals surface area contributed by atoms with Crippen LogP contribution in [0.25, 0.3) is 0 Å². The van der Waals surface area contributed by atoms with Crippen LogP contribution in [0.3, 0.4) is 0 Å². The summed E-state index contributed by atoms with van der Waals surface area (Å²) in [5, 5.41) is 16.7. The molecule has 21 heavy (non-hydrogen) atoms. The van der Waals surface area contributed by atoms with Gasteiger partial charge >= 0.3 is 0 Å². The SMILES string of the molecule is Cc1ncc([N+](=O)[O-])cc1C(=O)NCC1=CCNCC1.Cl. The molecule has 114 valence electrons. The molecule has 1 amide bonds. The Hall–Kier alpha value is -1.99. The Kier molecular flexibility index (Phi) is 6.26. The van der Waals surface area contributed by atoms with Crippen LogP contribution in [-0.4, -0.2) is 35.4 Å². The normalized spacial score (nSPS) is 13.9. The summed E-state index contributed by atoms with van der Waals surface area (Å²) in [6.07, 6.45) is 4.09. The Morgan fingerprint density at radius 2 is 2.33 bits per heavy atom. The van der Waals surface area contributed by atoms with Crippen molar-refractivity contribution in [2.75, 3.05) is 19.6 Å². The number of aromatic nitrogens is 1. The van der Waals surface area contributed by atoms with Crippen LogP contribution in [0.5, 0.6) is 0 Å². The highest BCUT2D eigenvalue weighted by Crippen LogP contribution is 2.14. The number of pyridine rings is 1. The van der Waals surface area contributed by atoms with Crippen molar-refractivity contribution in [2.45, 2.75) is 13.3 Å². The summed E-state index contributed by atoms with van der Waals surface area (Å²) in [5.74, 6) is -0.335. The number of hydrogen-bond acceptors (Lipinski definition) is 5. The van der Waals surface area contributed by atoms with E-state index in [1.165, 1.54) is 6.07 Å². The molecule has 2 N–H and O–H groups in total. The highest BCUT2D eigenvalue weighted by Gasteiger charge is 2.16. The van der Waals surface area contributed by atoms with Gasteiger partial charge in [-0.15, -0.1) is 12.4 Å². The maximum atomic E-state index is 12.1. The van der Waals surface area contributed by atoms with Gasteiger partial charge in [0.1, 0.15) is 6.20 Å². The topological polar surface area (TPSA) is 97.2 Å². The van der Waals surface area contributed by atoms with E-state index in [0.29, 0.717) is 12.2 Å². The molecule has 1 aromatic heterocycles. The minimum Gasteiger partial charge on any atom is -0.348 e. The molecule has 0 saturated carbocycles. The van der Waals surface area contributed by atoms with Crippen molar-refractivity contribution >= 4 is 24.0 Å². The number of amides is 1. The highest BCUT2D eigenvalue weighted by atomic mass is 35.5. The summed E-state index contributed by atoms with van der Waals surface area (Å²) in [7, 11) is 0. The molecule has 0 saturated heterocycles. The van der Waals surface area contributed by atoms with E-state index in [0.717, 1.165) is 31.3 Å². The van der Waals surface area contributed by atoms with Gasteiger partial charge in [0.25, 0.3) is 11.6 Å². The zero-order valence-corrected chi connectivity index (χ0v) is 12.4. The lowest BCUT2D eigenvalue weighted by Gasteiger charge is -2.14. The van der Waals surface area contributed by atoms with Crippen molar-refractivity contribution < 1.29 is 9.72 Å². The Labute approximate surface area is 128 Å². The minimum atomic E-state index is -0.557. The van der Waals surface area contributed by atoms with E-state index in [4.69, 9.17) is 0 Å². The van der Waals surface area contributed by atoms with Gasteiger partial charge in [0, 0.05) is 19.2 Å². The van der Waals surface area contributed by atoms with E-state index in [1.54, 1.807) is 6.92 Å². The number of rotatable bonds is 4. The second-order valence-corrected chi connectivity index (χ2v) is 4.58. The molecule has 2 rings (SSSR count). The number of nitro groups is 1. The van der Waals surface area contributed by atoms with Gasteiger partial charge < -0.3 is 10.6 Å². The Morgan fingerprint density at radius 3 is 2.95 bits per heavy atom. The fourth-order valence-electron chi connectivity index (χ4n) is 1.97. The minimum absolute atomic E-state index is 0. The molecule has 1 aliphatic rings. The number of hydrogen-bond donors (Lipinski definition) is 2. The third-order valence-electron chi connectivity index (χ3n) is 3.16. The molecule has 2 heterocycles. The van der Waals surface area contributed by atoms with Crippen LogP contribution in [0.2, 0.25) is 0 Å². The van der Waals surface area contributed by atoms with Crippen LogP contribution in [-0.2, 0) is 0 Å². The zero-order valence-electron chi connectivity index (χ0n) is 11.6. The van der Waals surface area contributed by atoms with Gasteiger partial charge in [-0.05, 0) is 19.9 Å². The van der Waals surface area contributed by atoms with E-state index in [1.807, 2.05) is 6.08 Å². The molecule has 1 aliphatic heterocycles. The quantitative estimate of drug-likeness (QED) is 0.497. The van der Waals surface area contributed by atoms with Crippen molar-refractivity contribution in [2.24, 2.45) is 0 Å². The molecule has 0 bridgehead atoms. The standard InChI is InChI=1S/C13H16N4O3.ClH/c1-9-12(6-11(8-15-9)17(19)20)13(18)16-7-10-2-4-14-5-3-10;/h2,6,8,14H,3-5,7H2,1H3,(H,16,18);1H. The maximum absolute atomic E-state index is 12.1. The van der Waals surface area contributed by atoms with Gasteiger partial charge in [-0.1, -0.05) is 11.6 Å². The number of carbonyl (C=O) groups excluding carboxylic acids is 1.